The summed E-state index contributed by atoms with van der Waals surface area (Å²) < 4.78 is 17.9. The molecule has 10 heteroatoms. The first-order valence-corrected chi connectivity index (χ1v) is 11.5. The fourth-order valence-electron chi connectivity index (χ4n) is 3.09. The minimum atomic E-state index is -0.575. The molecule has 35 heavy (non-hydrogen) atoms. The number of rotatable bonds is 8. The summed E-state index contributed by atoms with van der Waals surface area (Å²) in [5.74, 6) is 1.18. The second kappa shape index (κ2) is 10.6. The summed E-state index contributed by atoms with van der Waals surface area (Å²) in [4.78, 5) is 23.5. The van der Waals surface area contributed by atoms with Crippen molar-refractivity contribution in [2.75, 3.05) is 5.32 Å². The zero-order valence-electron chi connectivity index (χ0n) is 18.3. The molecule has 0 aliphatic carbocycles. The van der Waals surface area contributed by atoms with Crippen LogP contribution in [0.4, 0.5) is 11.4 Å². The van der Waals surface area contributed by atoms with E-state index in [4.69, 9.17) is 25.5 Å². The second-order valence-electron chi connectivity index (χ2n) is 7.45. The van der Waals surface area contributed by atoms with Crippen molar-refractivity contribution in [2.45, 2.75) is 13.5 Å². The Kier molecular flexibility index (Phi) is 7.38. The Balaban J connectivity index is 1.46. The lowest BCUT2D eigenvalue weighted by molar-refractivity contribution is -0.384. The highest BCUT2D eigenvalue weighted by Gasteiger charge is 2.16. The van der Waals surface area contributed by atoms with Crippen LogP contribution in [0.1, 0.15) is 21.9 Å². The number of hydrogen-bond acceptors (Lipinski definition) is 6. The molecule has 4 rings (SSSR count). The summed E-state index contributed by atoms with van der Waals surface area (Å²) in [6.45, 7) is 1.94. The molecule has 178 valence electrons. The zero-order valence-corrected chi connectivity index (χ0v) is 20.6. The van der Waals surface area contributed by atoms with E-state index in [9.17, 15) is 14.9 Å². The van der Waals surface area contributed by atoms with Crippen molar-refractivity contribution >= 4 is 44.8 Å². The number of nitro benzene ring substituents is 1. The number of anilines is 1. The Morgan fingerprint density at radius 1 is 1.03 bits per heavy atom. The summed E-state index contributed by atoms with van der Waals surface area (Å²) >= 11 is 9.40. The molecule has 0 aliphatic heterocycles. The number of amides is 1. The summed E-state index contributed by atoms with van der Waals surface area (Å²) in [6, 6.07) is 19.4. The van der Waals surface area contributed by atoms with E-state index in [0.717, 1.165) is 10.0 Å². The van der Waals surface area contributed by atoms with Gasteiger partial charge < -0.3 is 19.2 Å². The van der Waals surface area contributed by atoms with E-state index in [2.05, 4.69) is 21.2 Å². The third kappa shape index (κ3) is 6.40. The van der Waals surface area contributed by atoms with Crippen molar-refractivity contribution in [3.8, 4) is 17.2 Å². The van der Waals surface area contributed by atoms with Gasteiger partial charge in [-0.25, -0.2) is 0 Å². The Morgan fingerprint density at radius 3 is 2.49 bits per heavy atom. The predicted molar refractivity (Wildman–Crippen MR) is 134 cm³/mol. The maximum absolute atomic E-state index is 12.7. The zero-order chi connectivity index (χ0) is 24.9. The number of ether oxygens (including phenoxy) is 2. The maximum atomic E-state index is 12.7. The first kappa shape index (κ1) is 24.3. The molecule has 8 nitrogen and oxygen atoms in total. The van der Waals surface area contributed by atoms with E-state index in [1.807, 2.05) is 19.1 Å². The number of nitrogens with zero attached hydrogens (tertiary/aromatic N) is 1. The SMILES string of the molecule is Cc1cc(Oc2cc(NC(=O)c3ccc(COc4ccc(Br)cc4)o3)cc([N+](=O)[O-])c2)ccc1Cl. The molecular weight excluding hydrogens is 540 g/mol. The van der Waals surface area contributed by atoms with Crippen LogP contribution in [0, 0.1) is 17.0 Å². The van der Waals surface area contributed by atoms with E-state index in [-0.39, 0.29) is 29.5 Å². The van der Waals surface area contributed by atoms with Gasteiger partial charge in [0.2, 0.25) is 0 Å². The van der Waals surface area contributed by atoms with Crippen molar-refractivity contribution in [1.29, 1.82) is 0 Å². The Labute approximate surface area is 213 Å². The van der Waals surface area contributed by atoms with Crippen LogP contribution >= 0.6 is 27.5 Å². The molecule has 1 heterocycles. The number of aryl methyl sites for hydroxylation is 1. The van der Waals surface area contributed by atoms with Crippen molar-refractivity contribution in [1.82, 2.24) is 0 Å². The largest absolute Gasteiger partial charge is 0.486 e. The van der Waals surface area contributed by atoms with Gasteiger partial charge in [0.25, 0.3) is 11.6 Å². The van der Waals surface area contributed by atoms with E-state index in [0.29, 0.717) is 22.3 Å². The number of benzene rings is 3. The molecule has 0 spiro atoms. The normalized spacial score (nSPS) is 10.6. The van der Waals surface area contributed by atoms with Crippen LogP contribution in [-0.2, 0) is 6.61 Å². The quantitative estimate of drug-likeness (QED) is 0.177. The van der Waals surface area contributed by atoms with Gasteiger partial charge in [0.15, 0.2) is 5.76 Å². The van der Waals surface area contributed by atoms with Crippen LogP contribution in [0.15, 0.2) is 81.7 Å². The highest BCUT2D eigenvalue weighted by Crippen LogP contribution is 2.31. The fourth-order valence-corrected chi connectivity index (χ4v) is 3.47. The van der Waals surface area contributed by atoms with Gasteiger partial charge in [-0.3, -0.25) is 14.9 Å². The molecule has 1 N–H and O–H groups in total. The fraction of sp³-hybridized carbons (Fsp3) is 0.0800. The number of halogens is 2. The van der Waals surface area contributed by atoms with Gasteiger partial charge in [0, 0.05) is 21.6 Å². The van der Waals surface area contributed by atoms with Gasteiger partial charge in [0.1, 0.15) is 29.6 Å². The van der Waals surface area contributed by atoms with Crippen LogP contribution in [0.3, 0.4) is 0 Å². The number of carbonyl (C=O) groups excluding carboxylic acids is 1. The number of non-ortho nitro benzene ring substituents is 1. The van der Waals surface area contributed by atoms with E-state index in [1.165, 1.54) is 24.3 Å². The van der Waals surface area contributed by atoms with E-state index in [1.54, 1.807) is 36.4 Å². The molecule has 0 bridgehead atoms. The molecule has 0 atom stereocenters. The smallest absolute Gasteiger partial charge is 0.291 e. The lowest BCUT2D eigenvalue weighted by Crippen LogP contribution is -2.11. The Hall–Kier alpha value is -3.82. The third-order valence-electron chi connectivity index (χ3n) is 4.81. The molecule has 4 aromatic rings. The Bertz CT molecular complexity index is 1390. The van der Waals surface area contributed by atoms with Gasteiger partial charge in [-0.2, -0.15) is 0 Å². The van der Waals surface area contributed by atoms with Gasteiger partial charge in [-0.15, -0.1) is 0 Å². The molecule has 0 aliphatic rings. The number of nitrogens with one attached hydrogen (secondary N) is 1. The summed E-state index contributed by atoms with van der Waals surface area (Å²) in [5, 5.41) is 14.6. The van der Waals surface area contributed by atoms with Gasteiger partial charge in [-0.1, -0.05) is 27.5 Å². The lowest BCUT2D eigenvalue weighted by Gasteiger charge is -2.10. The lowest BCUT2D eigenvalue weighted by atomic mass is 10.2. The highest BCUT2D eigenvalue weighted by molar-refractivity contribution is 9.10. The van der Waals surface area contributed by atoms with Crippen LogP contribution < -0.4 is 14.8 Å². The number of furan rings is 1. The number of carbonyl (C=O) groups is 1. The van der Waals surface area contributed by atoms with Crippen LogP contribution in [0.2, 0.25) is 5.02 Å². The van der Waals surface area contributed by atoms with E-state index < -0.39 is 10.8 Å². The molecule has 0 unspecified atom stereocenters. The standard InChI is InChI=1S/C25H18BrClN2O6/c1-15-10-20(6-8-23(15)27)34-22-12-17(11-18(13-22)29(31)32)28-25(30)24-9-7-21(35-24)14-33-19-4-2-16(26)3-5-19/h2-13H,14H2,1H3,(H,28,30). The van der Waals surface area contributed by atoms with Crippen molar-refractivity contribution in [2.24, 2.45) is 0 Å². The third-order valence-corrected chi connectivity index (χ3v) is 5.76. The minimum absolute atomic E-state index is 0.0294. The number of nitro groups is 1. The average Bonchev–Trinajstić information content (AvgIpc) is 3.30. The Morgan fingerprint density at radius 2 is 1.77 bits per heavy atom. The van der Waals surface area contributed by atoms with Gasteiger partial charge in [0.05, 0.1) is 16.7 Å². The van der Waals surface area contributed by atoms with Crippen LogP contribution in [-0.4, -0.2) is 10.8 Å². The first-order valence-electron chi connectivity index (χ1n) is 10.3. The van der Waals surface area contributed by atoms with E-state index >= 15 is 0 Å². The molecule has 0 saturated carbocycles. The minimum Gasteiger partial charge on any atom is -0.486 e. The molecule has 0 radical (unpaired) electrons. The van der Waals surface area contributed by atoms with Crippen molar-refractivity contribution in [3.05, 3.63) is 109 Å². The summed E-state index contributed by atoms with van der Waals surface area (Å²) in [7, 11) is 0. The van der Waals surface area contributed by atoms with Crippen LogP contribution in [0.5, 0.6) is 17.2 Å². The first-order chi connectivity index (χ1) is 16.8. The molecule has 1 amide bonds. The maximum Gasteiger partial charge on any atom is 0.291 e. The number of hydrogen-bond donors (Lipinski definition) is 1. The van der Waals surface area contributed by atoms with Crippen molar-refractivity contribution in [3.63, 3.8) is 0 Å². The van der Waals surface area contributed by atoms with Crippen molar-refractivity contribution < 1.29 is 23.6 Å². The molecule has 1 aromatic heterocycles. The van der Waals surface area contributed by atoms with Crippen LogP contribution in [0.25, 0.3) is 0 Å². The molecular formula is C25H18BrClN2O6. The highest BCUT2D eigenvalue weighted by atomic mass is 79.9. The predicted octanol–water partition coefficient (Wildman–Crippen LogP) is 7.54. The molecule has 3 aromatic carbocycles. The average molecular weight is 558 g/mol. The monoisotopic (exact) mass is 556 g/mol. The molecule has 0 saturated heterocycles. The summed E-state index contributed by atoms with van der Waals surface area (Å²) in [5.41, 5.74) is 0.723. The van der Waals surface area contributed by atoms with Gasteiger partial charge >= 0.3 is 0 Å². The topological polar surface area (TPSA) is 104 Å². The molecule has 0 fully saturated rings. The summed E-state index contributed by atoms with van der Waals surface area (Å²) in [6.07, 6.45) is 0. The second-order valence-corrected chi connectivity index (χ2v) is 8.77. The van der Waals surface area contributed by atoms with Gasteiger partial charge in [-0.05, 0) is 67.1 Å².